The molecule has 1 heterocycles. The molecule has 0 aromatic carbocycles. The van der Waals surface area contributed by atoms with Crippen molar-refractivity contribution in [2.75, 3.05) is 0 Å². The van der Waals surface area contributed by atoms with Gasteiger partial charge in [-0.3, -0.25) is 0 Å². The molecule has 1 N–H and O–H groups in total. The largest absolute Gasteiger partial charge is 0.390 e. The second-order valence-electron chi connectivity index (χ2n) is 4.81. The summed E-state index contributed by atoms with van der Waals surface area (Å²) in [5.41, 5.74) is 1.81. The van der Waals surface area contributed by atoms with Crippen LogP contribution in [0, 0.1) is 11.8 Å². The first-order valence-electron chi connectivity index (χ1n) is 5.56. The molecule has 4 nitrogen and oxygen atoms in total. The first-order chi connectivity index (χ1) is 7.04. The summed E-state index contributed by atoms with van der Waals surface area (Å²) in [6.07, 6.45) is 0.926. The van der Waals surface area contributed by atoms with E-state index in [2.05, 4.69) is 38.0 Å². The Kier molecular flexibility index (Phi) is 4.27. The molecule has 1 rings (SSSR count). The predicted octanol–water partition coefficient (Wildman–Crippen LogP) is 1.62. The van der Waals surface area contributed by atoms with Crippen LogP contribution in [0.1, 0.15) is 39.1 Å². The maximum atomic E-state index is 9.16. The average Bonchev–Trinajstić information content (AvgIpc) is 2.47. The Morgan fingerprint density at radius 3 is 2.33 bits per heavy atom. The van der Waals surface area contributed by atoms with Crippen LogP contribution in [-0.2, 0) is 19.6 Å². The molecule has 86 valence electrons. The summed E-state index contributed by atoms with van der Waals surface area (Å²) < 4.78 is 1.93. The number of aliphatic hydroxyl groups excluding tert-OH is 1. The molecule has 4 heteroatoms. The molecule has 0 aliphatic carbocycles. The van der Waals surface area contributed by atoms with Crippen LogP contribution in [0.15, 0.2) is 0 Å². The Hall–Kier alpha value is -0.900. The fourth-order valence-corrected chi connectivity index (χ4v) is 1.59. The summed E-state index contributed by atoms with van der Waals surface area (Å²) in [6, 6.07) is 0. The van der Waals surface area contributed by atoms with Gasteiger partial charge >= 0.3 is 0 Å². The van der Waals surface area contributed by atoms with Gasteiger partial charge in [0.05, 0.1) is 12.3 Å². The lowest BCUT2D eigenvalue weighted by atomic mass is 10.1. The van der Waals surface area contributed by atoms with Crippen molar-refractivity contribution in [2.24, 2.45) is 11.8 Å². The zero-order chi connectivity index (χ0) is 11.4. The third kappa shape index (κ3) is 3.30. The SMILES string of the molecule is CC(C)Cc1c(CO)nnn1CC(C)C. The monoisotopic (exact) mass is 211 g/mol. The van der Waals surface area contributed by atoms with E-state index in [1.54, 1.807) is 0 Å². The van der Waals surface area contributed by atoms with E-state index in [1.165, 1.54) is 0 Å². The number of hydrogen-bond acceptors (Lipinski definition) is 3. The Balaban J connectivity index is 2.89. The average molecular weight is 211 g/mol. The number of aromatic nitrogens is 3. The minimum Gasteiger partial charge on any atom is -0.390 e. The van der Waals surface area contributed by atoms with Crippen molar-refractivity contribution >= 4 is 0 Å². The molecule has 0 unspecified atom stereocenters. The van der Waals surface area contributed by atoms with Crippen molar-refractivity contribution in [3.63, 3.8) is 0 Å². The lowest BCUT2D eigenvalue weighted by Crippen LogP contribution is -2.12. The van der Waals surface area contributed by atoms with Crippen LogP contribution in [0.2, 0.25) is 0 Å². The van der Waals surface area contributed by atoms with E-state index in [0.29, 0.717) is 11.8 Å². The molecule has 15 heavy (non-hydrogen) atoms. The van der Waals surface area contributed by atoms with Gasteiger partial charge in [-0.15, -0.1) is 5.10 Å². The van der Waals surface area contributed by atoms with Gasteiger partial charge in [-0.2, -0.15) is 0 Å². The van der Waals surface area contributed by atoms with Gasteiger partial charge in [0.15, 0.2) is 0 Å². The fourth-order valence-electron chi connectivity index (χ4n) is 1.59. The van der Waals surface area contributed by atoms with E-state index in [4.69, 9.17) is 5.11 Å². The van der Waals surface area contributed by atoms with E-state index in [0.717, 1.165) is 24.4 Å². The van der Waals surface area contributed by atoms with Gasteiger partial charge in [0, 0.05) is 6.54 Å². The molecule has 0 amide bonds. The van der Waals surface area contributed by atoms with E-state index in [-0.39, 0.29) is 6.61 Å². The first-order valence-corrected chi connectivity index (χ1v) is 5.56. The lowest BCUT2D eigenvalue weighted by molar-refractivity contribution is 0.275. The summed E-state index contributed by atoms with van der Waals surface area (Å²) >= 11 is 0. The van der Waals surface area contributed by atoms with Crippen LogP contribution in [-0.4, -0.2) is 20.1 Å². The molecule has 0 aliphatic heterocycles. The fraction of sp³-hybridized carbons (Fsp3) is 0.818. The lowest BCUT2D eigenvalue weighted by Gasteiger charge is -2.11. The van der Waals surface area contributed by atoms with E-state index < -0.39 is 0 Å². The smallest absolute Gasteiger partial charge is 0.111 e. The molecule has 0 aliphatic rings. The molecular weight excluding hydrogens is 190 g/mol. The van der Waals surface area contributed by atoms with Crippen LogP contribution in [0.25, 0.3) is 0 Å². The van der Waals surface area contributed by atoms with Crippen LogP contribution in [0.4, 0.5) is 0 Å². The second kappa shape index (κ2) is 5.26. The topological polar surface area (TPSA) is 50.9 Å². The van der Waals surface area contributed by atoms with Gasteiger partial charge in [-0.25, -0.2) is 4.68 Å². The maximum Gasteiger partial charge on any atom is 0.111 e. The Morgan fingerprint density at radius 1 is 1.20 bits per heavy atom. The van der Waals surface area contributed by atoms with E-state index >= 15 is 0 Å². The quantitative estimate of drug-likeness (QED) is 0.805. The standard InChI is InChI=1S/C11H21N3O/c1-8(2)5-11-10(7-15)12-13-14(11)6-9(3)4/h8-9,15H,5-7H2,1-4H3. The first kappa shape index (κ1) is 12.2. The highest BCUT2D eigenvalue weighted by atomic mass is 16.3. The summed E-state index contributed by atoms with van der Waals surface area (Å²) in [6.45, 7) is 9.48. The zero-order valence-electron chi connectivity index (χ0n) is 10.1. The van der Waals surface area contributed by atoms with Crippen LogP contribution in [0.3, 0.4) is 0 Å². The molecule has 0 fully saturated rings. The molecule has 0 radical (unpaired) electrons. The third-order valence-corrected chi connectivity index (χ3v) is 2.21. The summed E-state index contributed by atoms with van der Waals surface area (Å²) in [7, 11) is 0. The van der Waals surface area contributed by atoms with Crippen molar-refractivity contribution in [3.8, 4) is 0 Å². The van der Waals surface area contributed by atoms with Crippen molar-refractivity contribution in [2.45, 2.75) is 47.3 Å². The van der Waals surface area contributed by atoms with Crippen molar-refractivity contribution < 1.29 is 5.11 Å². The Bertz CT molecular complexity index is 305. The number of rotatable bonds is 5. The molecule has 1 aromatic heterocycles. The highest BCUT2D eigenvalue weighted by molar-refractivity contribution is 5.09. The normalized spacial score (nSPS) is 11.7. The summed E-state index contributed by atoms with van der Waals surface area (Å²) in [5, 5.41) is 17.3. The molecule has 1 aromatic rings. The van der Waals surface area contributed by atoms with Gasteiger partial charge in [0.2, 0.25) is 0 Å². The van der Waals surface area contributed by atoms with Gasteiger partial charge in [-0.1, -0.05) is 32.9 Å². The molecule has 0 saturated heterocycles. The number of aliphatic hydroxyl groups is 1. The number of hydrogen-bond donors (Lipinski definition) is 1. The number of nitrogens with zero attached hydrogens (tertiary/aromatic N) is 3. The second-order valence-corrected chi connectivity index (χ2v) is 4.81. The Morgan fingerprint density at radius 2 is 1.87 bits per heavy atom. The van der Waals surface area contributed by atoms with Gasteiger partial charge in [-0.05, 0) is 18.3 Å². The van der Waals surface area contributed by atoms with E-state index in [1.807, 2.05) is 4.68 Å². The molecule has 0 saturated carbocycles. The van der Waals surface area contributed by atoms with Crippen LogP contribution < -0.4 is 0 Å². The van der Waals surface area contributed by atoms with Gasteiger partial charge < -0.3 is 5.11 Å². The highest BCUT2D eigenvalue weighted by Crippen LogP contribution is 2.13. The summed E-state index contributed by atoms with van der Waals surface area (Å²) in [4.78, 5) is 0. The third-order valence-electron chi connectivity index (χ3n) is 2.21. The minimum absolute atomic E-state index is 0.0137. The molecule has 0 bridgehead atoms. The van der Waals surface area contributed by atoms with Gasteiger partial charge in [0.25, 0.3) is 0 Å². The predicted molar refractivity (Wildman–Crippen MR) is 59.3 cm³/mol. The summed E-state index contributed by atoms with van der Waals surface area (Å²) in [5.74, 6) is 1.10. The zero-order valence-corrected chi connectivity index (χ0v) is 10.1. The minimum atomic E-state index is -0.0137. The van der Waals surface area contributed by atoms with Crippen LogP contribution in [0.5, 0.6) is 0 Å². The molecule has 0 atom stereocenters. The molecule has 0 spiro atoms. The Labute approximate surface area is 91.3 Å². The maximum absolute atomic E-state index is 9.16. The highest BCUT2D eigenvalue weighted by Gasteiger charge is 2.13. The molecular formula is C11H21N3O. The van der Waals surface area contributed by atoms with Crippen LogP contribution >= 0.6 is 0 Å². The van der Waals surface area contributed by atoms with Crippen molar-refractivity contribution in [1.29, 1.82) is 0 Å². The van der Waals surface area contributed by atoms with Crippen molar-refractivity contribution in [1.82, 2.24) is 15.0 Å². The van der Waals surface area contributed by atoms with Gasteiger partial charge in [0.1, 0.15) is 5.69 Å². The van der Waals surface area contributed by atoms with Crippen molar-refractivity contribution in [3.05, 3.63) is 11.4 Å². The van der Waals surface area contributed by atoms with E-state index in [9.17, 15) is 0 Å².